The molecule has 1 atom stereocenters. The van der Waals surface area contributed by atoms with Crippen molar-refractivity contribution in [2.24, 2.45) is 0 Å². The monoisotopic (exact) mass is 400 g/mol. The molecule has 0 unspecified atom stereocenters. The Balaban J connectivity index is 0.00000312. The first-order chi connectivity index (χ1) is 11.4. The first kappa shape index (κ1) is 22.4. The number of benzene rings is 1. The fraction of sp³-hybridized carbons (Fsp3) is 0.647. The molecule has 1 aliphatic rings. The molecular formula is C17H25Cl2F3N2O. The molecule has 144 valence electrons. The SMILES string of the molecule is CCCCC[C@@H](c1ccc(OC(F)(F)F)c(Cl)c1)N1CCNCC1.Cl. The molecule has 3 nitrogen and oxygen atoms in total. The topological polar surface area (TPSA) is 24.5 Å². The number of nitrogens with one attached hydrogen (secondary N) is 1. The van der Waals surface area contributed by atoms with Gasteiger partial charge in [0.25, 0.3) is 0 Å². The van der Waals surface area contributed by atoms with Crippen LogP contribution < -0.4 is 10.1 Å². The van der Waals surface area contributed by atoms with Crippen LogP contribution in [0.5, 0.6) is 5.75 Å². The molecule has 0 aliphatic carbocycles. The second kappa shape index (κ2) is 10.5. The number of hydrogen-bond donors (Lipinski definition) is 1. The number of rotatable bonds is 7. The van der Waals surface area contributed by atoms with Crippen LogP contribution in [0.1, 0.15) is 44.2 Å². The number of nitrogens with zero attached hydrogens (tertiary/aromatic N) is 1. The molecule has 1 aromatic rings. The Kier molecular flexibility index (Phi) is 9.35. The van der Waals surface area contributed by atoms with Gasteiger partial charge in [0.05, 0.1) is 5.02 Å². The maximum atomic E-state index is 12.4. The molecular weight excluding hydrogens is 376 g/mol. The van der Waals surface area contributed by atoms with Crippen LogP contribution in [-0.4, -0.2) is 37.4 Å². The zero-order chi connectivity index (χ0) is 17.6. The third-order valence-corrected chi connectivity index (χ3v) is 4.54. The minimum absolute atomic E-state index is 0. The number of piperazine rings is 1. The van der Waals surface area contributed by atoms with Gasteiger partial charge in [0.15, 0.2) is 0 Å². The van der Waals surface area contributed by atoms with Crippen molar-refractivity contribution in [1.29, 1.82) is 0 Å². The summed E-state index contributed by atoms with van der Waals surface area (Å²) in [5.41, 5.74) is 0.951. The van der Waals surface area contributed by atoms with E-state index in [-0.39, 0.29) is 29.2 Å². The van der Waals surface area contributed by atoms with E-state index in [0.717, 1.165) is 57.4 Å². The summed E-state index contributed by atoms with van der Waals surface area (Å²) in [6, 6.07) is 4.81. The summed E-state index contributed by atoms with van der Waals surface area (Å²) >= 11 is 6.02. The number of unbranched alkanes of at least 4 members (excludes halogenated alkanes) is 2. The molecule has 1 heterocycles. The Morgan fingerprint density at radius 1 is 1.24 bits per heavy atom. The van der Waals surface area contributed by atoms with Crippen molar-refractivity contribution in [1.82, 2.24) is 10.2 Å². The van der Waals surface area contributed by atoms with Crippen molar-refractivity contribution in [2.45, 2.75) is 45.0 Å². The van der Waals surface area contributed by atoms with Gasteiger partial charge in [-0.3, -0.25) is 4.90 Å². The summed E-state index contributed by atoms with van der Waals surface area (Å²) in [4.78, 5) is 2.38. The molecule has 1 aromatic carbocycles. The average molecular weight is 401 g/mol. The maximum absolute atomic E-state index is 12.4. The third kappa shape index (κ3) is 7.21. The molecule has 0 aromatic heterocycles. The highest BCUT2D eigenvalue weighted by Gasteiger charge is 2.32. The van der Waals surface area contributed by atoms with Gasteiger partial charge in [-0.1, -0.05) is 43.9 Å². The van der Waals surface area contributed by atoms with Crippen molar-refractivity contribution in [2.75, 3.05) is 26.2 Å². The van der Waals surface area contributed by atoms with Gasteiger partial charge in [-0.05, 0) is 24.1 Å². The van der Waals surface area contributed by atoms with Crippen LogP contribution in [-0.2, 0) is 0 Å². The predicted molar refractivity (Wildman–Crippen MR) is 96.7 cm³/mol. The van der Waals surface area contributed by atoms with Crippen LogP contribution in [0, 0.1) is 0 Å². The predicted octanol–water partition coefficient (Wildman–Crippen LogP) is 5.19. The molecule has 0 radical (unpaired) electrons. The zero-order valence-electron chi connectivity index (χ0n) is 14.2. The molecule has 1 fully saturated rings. The van der Waals surface area contributed by atoms with E-state index in [1.165, 1.54) is 6.07 Å². The fourth-order valence-electron chi connectivity index (χ4n) is 3.07. The Labute approximate surface area is 158 Å². The van der Waals surface area contributed by atoms with Gasteiger partial charge in [-0.15, -0.1) is 25.6 Å². The minimum Gasteiger partial charge on any atom is -0.404 e. The maximum Gasteiger partial charge on any atom is 0.573 e. The largest absolute Gasteiger partial charge is 0.573 e. The quantitative estimate of drug-likeness (QED) is 0.637. The zero-order valence-corrected chi connectivity index (χ0v) is 15.8. The summed E-state index contributed by atoms with van der Waals surface area (Å²) in [6.45, 7) is 5.85. The Hall–Kier alpha value is -0.690. The summed E-state index contributed by atoms with van der Waals surface area (Å²) in [6.07, 6.45) is -0.392. The average Bonchev–Trinajstić information content (AvgIpc) is 2.53. The first-order valence-corrected chi connectivity index (χ1v) is 8.78. The Morgan fingerprint density at radius 3 is 2.48 bits per heavy atom. The summed E-state index contributed by atoms with van der Waals surface area (Å²) < 4.78 is 41.1. The molecule has 1 aliphatic heterocycles. The Morgan fingerprint density at radius 2 is 1.92 bits per heavy atom. The summed E-state index contributed by atoms with van der Waals surface area (Å²) in [5, 5.41) is 3.32. The van der Waals surface area contributed by atoms with Gasteiger partial charge in [-0.2, -0.15) is 0 Å². The van der Waals surface area contributed by atoms with Crippen molar-refractivity contribution < 1.29 is 17.9 Å². The molecule has 1 N–H and O–H groups in total. The molecule has 1 saturated heterocycles. The van der Waals surface area contributed by atoms with Gasteiger partial charge < -0.3 is 10.1 Å². The number of ether oxygens (including phenoxy) is 1. The highest BCUT2D eigenvalue weighted by atomic mass is 35.5. The lowest BCUT2D eigenvalue weighted by molar-refractivity contribution is -0.274. The molecule has 0 amide bonds. The lowest BCUT2D eigenvalue weighted by atomic mass is 9.98. The third-order valence-electron chi connectivity index (χ3n) is 4.24. The molecule has 0 saturated carbocycles. The van der Waals surface area contributed by atoms with E-state index in [4.69, 9.17) is 11.6 Å². The van der Waals surface area contributed by atoms with Crippen molar-refractivity contribution in [3.8, 4) is 5.75 Å². The summed E-state index contributed by atoms with van der Waals surface area (Å²) in [5.74, 6) is -0.347. The van der Waals surface area contributed by atoms with E-state index in [2.05, 4.69) is 21.9 Å². The molecule has 2 rings (SSSR count). The molecule has 0 bridgehead atoms. The van der Waals surface area contributed by atoms with E-state index >= 15 is 0 Å². The molecule has 0 spiro atoms. The summed E-state index contributed by atoms with van der Waals surface area (Å²) in [7, 11) is 0. The number of alkyl halides is 3. The van der Waals surface area contributed by atoms with Gasteiger partial charge in [-0.25, -0.2) is 0 Å². The van der Waals surface area contributed by atoms with Crippen LogP contribution in [0.4, 0.5) is 13.2 Å². The Bertz CT molecular complexity index is 523. The van der Waals surface area contributed by atoms with Gasteiger partial charge >= 0.3 is 6.36 Å². The van der Waals surface area contributed by atoms with Crippen LogP contribution in [0.2, 0.25) is 5.02 Å². The highest BCUT2D eigenvalue weighted by molar-refractivity contribution is 6.32. The molecule has 8 heteroatoms. The van der Waals surface area contributed by atoms with Gasteiger partial charge in [0.1, 0.15) is 5.75 Å². The molecule has 25 heavy (non-hydrogen) atoms. The van der Waals surface area contributed by atoms with Crippen LogP contribution in [0.25, 0.3) is 0 Å². The second-order valence-corrected chi connectivity index (χ2v) is 6.44. The van der Waals surface area contributed by atoms with Gasteiger partial charge in [0, 0.05) is 32.2 Å². The van der Waals surface area contributed by atoms with Crippen LogP contribution in [0.15, 0.2) is 18.2 Å². The lowest BCUT2D eigenvalue weighted by Crippen LogP contribution is -2.45. The standard InChI is InChI=1S/C17H24ClF3N2O.ClH/c1-2-3-4-5-15(23-10-8-22-9-11-23)13-6-7-16(14(18)12-13)24-17(19,20)21;/h6-7,12,15,22H,2-5,8-11H2,1H3;1H/t15-;/m0./s1. The first-order valence-electron chi connectivity index (χ1n) is 8.40. The minimum atomic E-state index is -4.73. The number of hydrogen-bond acceptors (Lipinski definition) is 3. The fourth-order valence-corrected chi connectivity index (χ4v) is 3.30. The van der Waals surface area contributed by atoms with Crippen LogP contribution >= 0.6 is 24.0 Å². The van der Waals surface area contributed by atoms with Gasteiger partial charge in [0.2, 0.25) is 0 Å². The van der Waals surface area contributed by atoms with Crippen molar-refractivity contribution >= 4 is 24.0 Å². The van der Waals surface area contributed by atoms with E-state index in [9.17, 15) is 13.2 Å². The lowest BCUT2D eigenvalue weighted by Gasteiger charge is -2.35. The van der Waals surface area contributed by atoms with Crippen molar-refractivity contribution in [3.05, 3.63) is 28.8 Å². The van der Waals surface area contributed by atoms with E-state index in [1.807, 2.05) is 0 Å². The van der Waals surface area contributed by atoms with Crippen molar-refractivity contribution in [3.63, 3.8) is 0 Å². The van der Waals surface area contributed by atoms with Crippen LogP contribution in [0.3, 0.4) is 0 Å². The smallest absolute Gasteiger partial charge is 0.404 e. The van der Waals surface area contributed by atoms with E-state index in [0.29, 0.717) is 0 Å². The second-order valence-electron chi connectivity index (χ2n) is 6.04. The van der Waals surface area contributed by atoms with E-state index < -0.39 is 6.36 Å². The number of halogens is 5. The normalized spacial score (nSPS) is 17.0. The highest BCUT2D eigenvalue weighted by Crippen LogP contribution is 2.35. The van der Waals surface area contributed by atoms with E-state index in [1.54, 1.807) is 12.1 Å².